The third kappa shape index (κ3) is 4.98. The summed E-state index contributed by atoms with van der Waals surface area (Å²) in [6.07, 6.45) is 5.66. The molecule has 39 heavy (non-hydrogen) atoms. The molecule has 2 aliphatic rings. The molecular formula is C28H31Cl2N7O2. The fourth-order valence-electron chi connectivity index (χ4n) is 5.31. The molecule has 0 amide bonds. The van der Waals surface area contributed by atoms with Gasteiger partial charge in [0.2, 0.25) is 0 Å². The van der Waals surface area contributed by atoms with Crippen LogP contribution in [0.25, 0.3) is 22.3 Å². The van der Waals surface area contributed by atoms with Crippen molar-refractivity contribution in [3.05, 3.63) is 64.0 Å². The van der Waals surface area contributed by atoms with Crippen LogP contribution in [0.1, 0.15) is 62.6 Å². The van der Waals surface area contributed by atoms with Gasteiger partial charge in [0.25, 0.3) is 0 Å². The van der Waals surface area contributed by atoms with Gasteiger partial charge in [-0.25, -0.2) is 4.68 Å². The Bertz CT molecular complexity index is 1460. The number of ether oxygens (including phenoxy) is 2. The van der Waals surface area contributed by atoms with Crippen molar-refractivity contribution in [2.75, 3.05) is 19.7 Å². The fraction of sp³-hybridized carbons (Fsp3) is 0.429. The van der Waals surface area contributed by atoms with Crippen molar-refractivity contribution in [3.63, 3.8) is 0 Å². The summed E-state index contributed by atoms with van der Waals surface area (Å²) in [4.78, 5) is 4.04. The first kappa shape index (κ1) is 26.4. The molecule has 6 rings (SSSR count). The molecule has 3 N–H and O–H groups in total. The SMILES string of the molecule is CC(c1ccc(-c2nn(C3CCCCO3)c3ccc(O[C@H](C)c4c(Cl)cncc4Cl)cc23)nn1)C1(N)CNC1. The first-order valence-electron chi connectivity index (χ1n) is 13.3. The molecule has 1 aromatic carbocycles. The molecule has 3 atom stereocenters. The number of aromatic nitrogens is 5. The Morgan fingerprint density at radius 1 is 1.10 bits per heavy atom. The second-order valence-electron chi connectivity index (χ2n) is 10.5. The Morgan fingerprint density at radius 3 is 2.54 bits per heavy atom. The van der Waals surface area contributed by atoms with E-state index in [1.807, 2.05) is 41.9 Å². The van der Waals surface area contributed by atoms with Crippen molar-refractivity contribution in [2.45, 2.75) is 56.9 Å². The quantitative estimate of drug-likeness (QED) is 0.303. The van der Waals surface area contributed by atoms with Crippen LogP contribution < -0.4 is 15.8 Å². The summed E-state index contributed by atoms with van der Waals surface area (Å²) >= 11 is 12.8. The zero-order valence-electron chi connectivity index (χ0n) is 21.9. The maximum Gasteiger partial charge on any atom is 0.150 e. The first-order chi connectivity index (χ1) is 18.8. The van der Waals surface area contributed by atoms with Crippen LogP contribution in [0.15, 0.2) is 42.7 Å². The van der Waals surface area contributed by atoms with Gasteiger partial charge < -0.3 is 20.5 Å². The molecule has 2 unspecified atom stereocenters. The van der Waals surface area contributed by atoms with Gasteiger partial charge in [-0.05, 0) is 56.5 Å². The largest absolute Gasteiger partial charge is 0.486 e. The molecule has 0 spiro atoms. The molecule has 5 heterocycles. The van der Waals surface area contributed by atoms with Gasteiger partial charge in [0, 0.05) is 54.5 Å². The smallest absolute Gasteiger partial charge is 0.150 e. The van der Waals surface area contributed by atoms with Gasteiger partial charge in [-0.15, -0.1) is 5.10 Å². The minimum Gasteiger partial charge on any atom is -0.486 e. The predicted octanol–water partition coefficient (Wildman–Crippen LogP) is 5.44. The molecule has 0 saturated carbocycles. The monoisotopic (exact) mass is 567 g/mol. The number of benzene rings is 1. The Morgan fingerprint density at radius 2 is 1.90 bits per heavy atom. The molecule has 9 nitrogen and oxygen atoms in total. The van der Waals surface area contributed by atoms with Crippen molar-refractivity contribution in [1.29, 1.82) is 0 Å². The first-order valence-corrected chi connectivity index (χ1v) is 14.0. The third-order valence-corrected chi connectivity index (χ3v) is 8.46. The number of nitrogens with two attached hydrogens (primary N) is 1. The van der Waals surface area contributed by atoms with Crippen molar-refractivity contribution >= 4 is 34.1 Å². The molecule has 2 fully saturated rings. The lowest BCUT2D eigenvalue weighted by molar-refractivity contribution is -0.0365. The molecule has 2 aliphatic heterocycles. The van der Waals surface area contributed by atoms with Crippen LogP contribution in [-0.4, -0.2) is 50.2 Å². The average Bonchev–Trinajstić information content (AvgIpc) is 3.30. The Hall–Kier alpha value is -2.82. The van der Waals surface area contributed by atoms with E-state index in [1.54, 1.807) is 12.4 Å². The van der Waals surface area contributed by atoms with Crippen LogP contribution in [-0.2, 0) is 4.74 Å². The highest BCUT2D eigenvalue weighted by Crippen LogP contribution is 2.37. The van der Waals surface area contributed by atoms with E-state index in [9.17, 15) is 0 Å². The lowest BCUT2D eigenvalue weighted by Crippen LogP contribution is -2.68. The van der Waals surface area contributed by atoms with Crippen molar-refractivity contribution in [3.8, 4) is 17.1 Å². The van der Waals surface area contributed by atoms with Crippen molar-refractivity contribution < 1.29 is 9.47 Å². The third-order valence-electron chi connectivity index (χ3n) is 7.86. The number of hydrogen-bond donors (Lipinski definition) is 2. The number of nitrogens with zero attached hydrogens (tertiary/aromatic N) is 5. The van der Waals surface area contributed by atoms with E-state index in [4.69, 9.17) is 43.5 Å². The van der Waals surface area contributed by atoms with Gasteiger partial charge in [-0.3, -0.25) is 4.98 Å². The summed E-state index contributed by atoms with van der Waals surface area (Å²) in [5.41, 5.74) is 10.1. The van der Waals surface area contributed by atoms with Gasteiger partial charge >= 0.3 is 0 Å². The van der Waals surface area contributed by atoms with E-state index < -0.39 is 6.10 Å². The van der Waals surface area contributed by atoms with Gasteiger partial charge in [0.1, 0.15) is 23.2 Å². The maximum atomic E-state index is 6.51. The van der Waals surface area contributed by atoms with Crippen LogP contribution in [0, 0.1) is 0 Å². The van der Waals surface area contributed by atoms with Crippen LogP contribution in [0.5, 0.6) is 5.75 Å². The lowest BCUT2D eigenvalue weighted by atomic mass is 9.79. The number of halogens is 2. The van der Waals surface area contributed by atoms with Gasteiger partial charge in [-0.1, -0.05) is 30.1 Å². The van der Waals surface area contributed by atoms with Gasteiger partial charge in [0.15, 0.2) is 6.23 Å². The highest BCUT2D eigenvalue weighted by atomic mass is 35.5. The number of rotatable bonds is 7. The molecule has 2 saturated heterocycles. The minimum atomic E-state index is -0.393. The summed E-state index contributed by atoms with van der Waals surface area (Å²) < 4.78 is 14.3. The normalized spacial score (nSPS) is 20.4. The topological polar surface area (TPSA) is 113 Å². The van der Waals surface area contributed by atoms with E-state index >= 15 is 0 Å². The standard InChI is InChI=1S/C28H31Cl2N7O2/c1-16(28(31)14-33-15-28)22-7-8-23(35-34-22)27-19-11-18(39-17(2)26-20(29)12-32-13-21(26)30)6-9-24(19)37(36-27)25-5-3-4-10-38-25/h6-9,11-13,16-17,25,33H,3-5,10,14-15,31H2,1-2H3/t16?,17-,25?/m1/s1. The Balaban J connectivity index is 1.37. The lowest BCUT2D eigenvalue weighted by Gasteiger charge is -2.43. The number of hydrogen-bond acceptors (Lipinski definition) is 8. The second kappa shape index (κ2) is 10.6. The van der Waals surface area contributed by atoms with Crippen molar-refractivity contribution in [1.82, 2.24) is 30.3 Å². The summed E-state index contributed by atoms with van der Waals surface area (Å²) in [5, 5.41) is 19.2. The van der Waals surface area contributed by atoms with E-state index in [0.29, 0.717) is 27.1 Å². The molecule has 4 aromatic rings. The van der Waals surface area contributed by atoms with E-state index in [1.165, 1.54) is 0 Å². The number of nitrogens with one attached hydrogen (secondary N) is 1. The van der Waals surface area contributed by atoms with Crippen LogP contribution >= 0.6 is 23.2 Å². The molecule has 11 heteroatoms. The van der Waals surface area contributed by atoms with E-state index in [0.717, 1.165) is 61.2 Å². The van der Waals surface area contributed by atoms with Gasteiger partial charge in [0.05, 0.1) is 21.3 Å². The zero-order valence-corrected chi connectivity index (χ0v) is 23.4. The Labute approximate surface area is 237 Å². The molecular weight excluding hydrogens is 537 g/mol. The summed E-state index contributed by atoms with van der Waals surface area (Å²) in [5.74, 6) is 0.739. The highest BCUT2D eigenvalue weighted by molar-refractivity contribution is 6.35. The van der Waals surface area contributed by atoms with Crippen LogP contribution in [0.3, 0.4) is 0 Å². The molecule has 3 aromatic heterocycles. The van der Waals surface area contributed by atoms with Crippen LogP contribution in [0.2, 0.25) is 10.0 Å². The minimum absolute atomic E-state index is 0.0820. The van der Waals surface area contributed by atoms with Gasteiger partial charge in [-0.2, -0.15) is 10.2 Å². The summed E-state index contributed by atoms with van der Waals surface area (Å²) in [6.45, 7) is 6.26. The molecule has 0 radical (unpaired) electrons. The predicted molar refractivity (Wildman–Crippen MR) is 151 cm³/mol. The van der Waals surface area contributed by atoms with Crippen LogP contribution in [0.4, 0.5) is 0 Å². The van der Waals surface area contributed by atoms with E-state index in [-0.39, 0.29) is 17.7 Å². The maximum absolute atomic E-state index is 6.51. The summed E-state index contributed by atoms with van der Waals surface area (Å²) in [6, 6.07) is 9.87. The zero-order chi connectivity index (χ0) is 27.1. The molecule has 0 aliphatic carbocycles. The Kier molecular flexibility index (Phi) is 7.20. The second-order valence-corrected chi connectivity index (χ2v) is 11.3. The van der Waals surface area contributed by atoms with Crippen molar-refractivity contribution in [2.24, 2.45) is 5.73 Å². The number of fused-ring (bicyclic) bond motifs is 1. The molecule has 204 valence electrons. The highest BCUT2D eigenvalue weighted by Gasteiger charge is 2.39. The fourth-order valence-corrected chi connectivity index (χ4v) is 5.98. The van der Waals surface area contributed by atoms with E-state index in [2.05, 4.69) is 27.4 Å². The average molecular weight is 569 g/mol. The molecule has 0 bridgehead atoms. The summed E-state index contributed by atoms with van der Waals surface area (Å²) in [7, 11) is 0. The number of pyridine rings is 1.